The number of amides is 1. The third-order valence-corrected chi connectivity index (χ3v) is 4.71. The van der Waals surface area contributed by atoms with E-state index < -0.39 is 5.82 Å². The number of ether oxygens (including phenoxy) is 1. The van der Waals surface area contributed by atoms with Gasteiger partial charge in [-0.1, -0.05) is 0 Å². The molecule has 3 aromatic rings. The van der Waals surface area contributed by atoms with Gasteiger partial charge in [0.25, 0.3) is 5.91 Å². The first kappa shape index (κ1) is 16.6. The maximum atomic E-state index is 13.7. The molecule has 26 heavy (non-hydrogen) atoms. The molecule has 0 radical (unpaired) electrons. The number of H-pyrrole nitrogens is 1. The highest BCUT2D eigenvalue weighted by Gasteiger charge is 2.30. The Kier molecular flexibility index (Phi) is 4.37. The van der Waals surface area contributed by atoms with Gasteiger partial charge in [0.2, 0.25) is 0 Å². The number of halogens is 1. The highest BCUT2D eigenvalue weighted by atomic mass is 19.1. The molecular weight excluding hydrogens is 339 g/mol. The first-order chi connectivity index (χ1) is 12.6. The molecule has 2 atom stereocenters. The molecule has 0 spiro atoms. The van der Waals surface area contributed by atoms with Gasteiger partial charge in [0.1, 0.15) is 28.8 Å². The second-order valence-corrected chi connectivity index (χ2v) is 6.44. The van der Waals surface area contributed by atoms with E-state index in [4.69, 9.17) is 4.74 Å². The summed E-state index contributed by atoms with van der Waals surface area (Å²) in [6, 6.07) is 2.41. The first-order valence-corrected chi connectivity index (χ1v) is 8.50. The lowest BCUT2D eigenvalue weighted by Crippen LogP contribution is -2.36. The van der Waals surface area contributed by atoms with Gasteiger partial charge in [-0.25, -0.2) is 9.37 Å². The zero-order valence-corrected chi connectivity index (χ0v) is 14.3. The van der Waals surface area contributed by atoms with Gasteiger partial charge in [-0.05, 0) is 18.9 Å². The van der Waals surface area contributed by atoms with Crippen molar-refractivity contribution in [1.82, 2.24) is 30.3 Å². The number of benzene rings is 1. The summed E-state index contributed by atoms with van der Waals surface area (Å²) in [7, 11) is 1.92. The Morgan fingerprint density at radius 3 is 3.15 bits per heavy atom. The monoisotopic (exact) mass is 358 g/mol. The molecule has 4 rings (SSSR count). The highest BCUT2D eigenvalue weighted by Crippen LogP contribution is 2.32. The van der Waals surface area contributed by atoms with Crippen LogP contribution in [0, 0.1) is 11.7 Å². The second kappa shape index (κ2) is 6.83. The van der Waals surface area contributed by atoms with Crippen LogP contribution >= 0.6 is 0 Å². The van der Waals surface area contributed by atoms with Gasteiger partial charge >= 0.3 is 0 Å². The molecule has 0 saturated carbocycles. The number of aromatic nitrogens is 5. The number of imidazole rings is 1. The molecule has 1 fully saturated rings. The number of nitrogens with zero attached hydrogens (tertiary/aromatic N) is 4. The number of carbonyl (C=O) groups is 1. The SMILES string of the molecule is Cn1ccnc1[C@@H]1OCCC[C@H]1CNC(=O)c1cc(F)cc2n[nH]nc12. The average Bonchev–Trinajstić information content (AvgIpc) is 3.27. The van der Waals surface area contributed by atoms with Crippen LogP contribution in [0.3, 0.4) is 0 Å². The zero-order valence-electron chi connectivity index (χ0n) is 14.3. The molecule has 1 saturated heterocycles. The number of nitrogens with one attached hydrogen (secondary N) is 2. The standard InChI is InChI=1S/C17H19FN6O2/c1-24-5-4-19-16(24)15-10(3-2-6-26-15)9-20-17(25)12-7-11(18)8-13-14(12)22-23-21-13/h4-5,7-8,10,15H,2-3,6,9H2,1H3,(H,20,25)(H,21,22,23)/t10-,15+/m0/s1. The molecule has 0 unspecified atom stereocenters. The molecule has 0 bridgehead atoms. The molecule has 1 aromatic carbocycles. The molecule has 9 heteroatoms. The Morgan fingerprint density at radius 2 is 2.35 bits per heavy atom. The summed E-state index contributed by atoms with van der Waals surface area (Å²) in [6.07, 6.45) is 5.27. The Bertz CT molecular complexity index is 936. The fourth-order valence-corrected chi connectivity index (χ4v) is 3.40. The van der Waals surface area contributed by atoms with Gasteiger partial charge in [-0.15, -0.1) is 0 Å². The number of aromatic amines is 1. The van der Waals surface area contributed by atoms with Gasteiger partial charge in [-0.2, -0.15) is 15.4 Å². The highest BCUT2D eigenvalue weighted by molar-refractivity contribution is 6.04. The lowest BCUT2D eigenvalue weighted by atomic mass is 9.93. The third kappa shape index (κ3) is 3.05. The van der Waals surface area contributed by atoms with Crippen LogP contribution in [0.25, 0.3) is 11.0 Å². The largest absolute Gasteiger partial charge is 0.370 e. The van der Waals surface area contributed by atoms with Gasteiger partial charge in [-0.3, -0.25) is 4.79 Å². The van der Waals surface area contributed by atoms with Crippen molar-refractivity contribution in [2.24, 2.45) is 13.0 Å². The second-order valence-electron chi connectivity index (χ2n) is 6.44. The molecule has 136 valence electrons. The van der Waals surface area contributed by atoms with E-state index in [1.54, 1.807) is 6.20 Å². The number of aryl methyl sites for hydroxylation is 1. The van der Waals surface area contributed by atoms with Crippen LogP contribution in [0.1, 0.15) is 35.1 Å². The van der Waals surface area contributed by atoms with Crippen molar-refractivity contribution in [3.8, 4) is 0 Å². The Labute approximate surface area is 148 Å². The Hall–Kier alpha value is -2.81. The van der Waals surface area contributed by atoms with Crippen molar-refractivity contribution in [2.45, 2.75) is 18.9 Å². The fourth-order valence-electron chi connectivity index (χ4n) is 3.40. The maximum absolute atomic E-state index is 13.7. The summed E-state index contributed by atoms with van der Waals surface area (Å²) in [5.74, 6) is 0.0276. The van der Waals surface area contributed by atoms with Crippen LogP contribution in [0.4, 0.5) is 4.39 Å². The Morgan fingerprint density at radius 1 is 1.46 bits per heavy atom. The van der Waals surface area contributed by atoms with Gasteiger partial charge in [0, 0.05) is 44.6 Å². The number of fused-ring (bicyclic) bond motifs is 1. The van der Waals surface area contributed by atoms with Crippen LogP contribution in [-0.4, -0.2) is 44.0 Å². The lowest BCUT2D eigenvalue weighted by molar-refractivity contribution is -0.0337. The molecule has 3 heterocycles. The van der Waals surface area contributed by atoms with Crippen LogP contribution in [-0.2, 0) is 11.8 Å². The minimum atomic E-state index is -0.525. The van der Waals surface area contributed by atoms with E-state index in [1.807, 2.05) is 17.8 Å². The predicted octanol–water partition coefficient (Wildman–Crippen LogP) is 1.73. The van der Waals surface area contributed by atoms with Gasteiger partial charge in [0.05, 0.1) is 5.56 Å². The van der Waals surface area contributed by atoms with Crippen LogP contribution in [0.5, 0.6) is 0 Å². The van der Waals surface area contributed by atoms with Crippen LogP contribution in [0.15, 0.2) is 24.5 Å². The Balaban J connectivity index is 1.51. The average molecular weight is 358 g/mol. The third-order valence-electron chi connectivity index (χ3n) is 4.71. The molecule has 0 aliphatic carbocycles. The number of hydrogen-bond donors (Lipinski definition) is 2. The van der Waals surface area contributed by atoms with E-state index in [9.17, 15) is 9.18 Å². The summed E-state index contributed by atoms with van der Waals surface area (Å²) >= 11 is 0. The first-order valence-electron chi connectivity index (χ1n) is 8.50. The summed E-state index contributed by atoms with van der Waals surface area (Å²) < 4.78 is 21.6. The molecule has 1 aliphatic heterocycles. The number of rotatable bonds is 4. The van der Waals surface area contributed by atoms with E-state index in [0.29, 0.717) is 24.2 Å². The fraction of sp³-hybridized carbons (Fsp3) is 0.412. The molecule has 8 nitrogen and oxygen atoms in total. The van der Waals surface area contributed by atoms with Crippen molar-refractivity contribution >= 4 is 16.9 Å². The quantitative estimate of drug-likeness (QED) is 0.740. The molecule has 2 N–H and O–H groups in total. The topological polar surface area (TPSA) is 97.7 Å². The normalized spacial score (nSPS) is 20.4. The van der Waals surface area contributed by atoms with Crippen LogP contribution in [0.2, 0.25) is 0 Å². The molecular formula is C17H19FN6O2. The summed E-state index contributed by atoms with van der Waals surface area (Å²) in [6.45, 7) is 1.08. The zero-order chi connectivity index (χ0) is 18.1. The van der Waals surface area contributed by atoms with Gasteiger partial charge < -0.3 is 14.6 Å². The minimum absolute atomic E-state index is 0.0927. The molecule has 2 aromatic heterocycles. The summed E-state index contributed by atoms with van der Waals surface area (Å²) in [4.78, 5) is 17.0. The summed E-state index contributed by atoms with van der Waals surface area (Å²) in [5, 5.41) is 13.1. The number of carbonyl (C=O) groups excluding carboxylic acids is 1. The van der Waals surface area contributed by atoms with E-state index in [0.717, 1.165) is 18.7 Å². The van der Waals surface area contributed by atoms with Crippen molar-refractivity contribution in [3.05, 3.63) is 41.7 Å². The smallest absolute Gasteiger partial charge is 0.253 e. The van der Waals surface area contributed by atoms with E-state index in [2.05, 4.69) is 25.7 Å². The minimum Gasteiger partial charge on any atom is -0.370 e. The van der Waals surface area contributed by atoms with Crippen molar-refractivity contribution in [1.29, 1.82) is 0 Å². The van der Waals surface area contributed by atoms with Gasteiger partial charge in [0.15, 0.2) is 0 Å². The summed E-state index contributed by atoms with van der Waals surface area (Å²) in [5.41, 5.74) is 0.838. The molecule has 1 amide bonds. The van der Waals surface area contributed by atoms with Crippen molar-refractivity contribution in [3.63, 3.8) is 0 Å². The number of hydrogen-bond acceptors (Lipinski definition) is 5. The predicted molar refractivity (Wildman–Crippen MR) is 90.8 cm³/mol. The van der Waals surface area contributed by atoms with E-state index >= 15 is 0 Å². The van der Waals surface area contributed by atoms with E-state index in [1.165, 1.54) is 12.1 Å². The lowest BCUT2D eigenvalue weighted by Gasteiger charge is -2.31. The van der Waals surface area contributed by atoms with Crippen molar-refractivity contribution < 1.29 is 13.9 Å². The maximum Gasteiger partial charge on any atom is 0.253 e. The van der Waals surface area contributed by atoms with Crippen LogP contribution < -0.4 is 5.32 Å². The molecule has 1 aliphatic rings. The van der Waals surface area contributed by atoms with E-state index in [-0.39, 0.29) is 23.5 Å². The van der Waals surface area contributed by atoms with Crippen molar-refractivity contribution in [2.75, 3.05) is 13.2 Å².